The topological polar surface area (TPSA) is 81.1 Å². The number of hydrogen-bond donors (Lipinski definition) is 2. The molecule has 0 aliphatic heterocycles. The van der Waals surface area contributed by atoms with Crippen LogP contribution in [0.15, 0.2) is 60.7 Å². The molecule has 0 aliphatic rings. The summed E-state index contributed by atoms with van der Waals surface area (Å²) < 4.78 is 2.01. The van der Waals surface area contributed by atoms with Crippen molar-refractivity contribution in [1.82, 2.24) is 0 Å². The highest BCUT2D eigenvalue weighted by Crippen LogP contribution is 2.36. The third kappa shape index (κ3) is 4.09. The van der Waals surface area contributed by atoms with Gasteiger partial charge in [-0.15, -0.1) is 0 Å². The van der Waals surface area contributed by atoms with Gasteiger partial charge in [0.25, 0.3) is 0 Å². The number of para-hydroxylation sites is 2. The van der Waals surface area contributed by atoms with E-state index in [0.29, 0.717) is 11.4 Å². The number of rotatable bonds is 5. The Morgan fingerprint density at radius 3 is 1.27 bits per heavy atom. The fourth-order valence-corrected chi connectivity index (χ4v) is 3.54. The second kappa shape index (κ2) is 7.62. The molecule has 0 saturated heterocycles. The highest BCUT2D eigenvalue weighted by Gasteiger charge is 2.21. The van der Waals surface area contributed by atoms with Gasteiger partial charge >= 0.3 is 12.2 Å². The molecule has 0 aliphatic carbocycles. The number of hydrogen-bond acceptors (Lipinski definition) is 4. The fraction of sp³-hybridized carbons (Fsp3) is 0. The summed E-state index contributed by atoms with van der Waals surface area (Å²) in [6, 6.07) is 16.9. The molecule has 0 bridgehead atoms. The van der Waals surface area contributed by atoms with Gasteiger partial charge in [-0.05, 0) is 24.3 Å². The molecule has 0 radical (unpaired) electrons. The molecule has 0 aromatic heterocycles. The van der Waals surface area contributed by atoms with Gasteiger partial charge in [0.05, 0.1) is 33.3 Å². The van der Waals surface area contributed by atoms with Crippen LogP contribution < -0.4 is 8.61 Å². The van der Waals surface area contributed by atoms with E-state index in [2.05, 4.69) is 0 Å². The normalized spacial score (nSPS) is 10.0. The molecule has 2 rings (SSSR count). The predicted molar refractivity (Wildman–Crippen MR) is 89.1 cm³/mol. The molecule has 2 N–H and O–H groups in total. The lowest BCUT2D eigenvalue weighted by Gasteiger charge is -2.21. The van der Waals surface area contributed by atoms with Crippen LogP contribution in [0.4, 0.5) is 21.0 Å². The summed E-state index contributed by atoms with van der Waals surface area (Å²) in [7, 11) is 1.62. The number of anilines is 2. The maximum atomic E-state index is 11.3. The van der Waals surface area contributed by atoms with Gasteiger partial charge in [-0.3, -0.25) is 0 Å². The Labute approximate surface area is 135 Å². The van der Waals surface area contributed by atoms with E-state index in [1.54, 1.807) is 60.7 Å². The third-order valence-electron chi connectivity index (χ3n) is 2.51. The van der Waals surface area contributed by atoms with E-state index in [1.165, 1.54) is 0 Å². The maximum Gasteiger partial charge on any atom is 0.422 e. The number of carboxylic acid groups (broad SMARTS) is 2. The van der Waals surface area contributed by atoms with Crippen LogP contribution in [-0.2, 0) is 0 Å². The first-order valence-electron chi connectivity index (χ1n) is 6.10. The Kier molecular flexibility index (Phi) is 5.56. The molecule has 6 nitrogen and oxygen atoms in total. The van der Waals surface area contributed by atoms with Crippen LogP contribution >= 0.6 is 22.0 Å². The largest absolute Gasteiger partial charge is 0.464 e. The molecular weight excluding hydrogens is 324 g/mol. The number of carbonyl (C=O) groups is 2. The van der Waals surface area contributed by atoms with Crippen molar-refractivity contribution in [3.8, 4) is 0 Å². The summed E-state index contributed by atoms with van der Waals surface area (Å²) in [6.07, 6.45) is -2.36. The van der Waals surface area contributed by atoms with Crippen molar-refractivity contribution in [3.63, 3.8) is 0 Å². The van der Waals surface area contributed by atoms with E-state index in [0.717, 1.165) is 30.6 Å². The van der Waals surface area contributed by atoms with Crippen LogP contribution in [-0.4, -0.2) is 22.4 Å². The first-order valence-corrected chi connectivity index (χ1v) is 8.17. The Bertz CT molecular complexity index is 582. The quantitative estimate of drug-likeness (QED) is 0.615. The Morgan fingerprint density at radius 1 is 0.682 bits per heavy atom. The van der Waals surface area contributed by atoms with Crippen LogP contribution in [0.3, 0.4) is 0 Å². The molecule has 2 amide bonds. The van der Waals surface area contributed by atoms with Gasteiger partial charge in [0.15, 0.2) is 0 Å². The van der Waals surface area contributed by atoms with E-state index < -0.39 is 12.2 Å². The molecule has 0 fully saturated rings. The molecule has 0 heterocycles. The van der Waals surface area contributed by atoms with E-state index in [9.17, 15) is 19.8 Å². The first kappa shape index (κ1) is 16.1. The zero-order valence-electron chi connectivity index (χ0n) is 11.2. The van der Waals surface area contributed by atoms with Crippen LogP contribution in [0.1, 0.15) is 0 Å². The van der Waals surface area contributed by atoms with Crippen molar-refractivity contribution in [2.75, 3.05) is 8.61 Å². The standard InChI is InChI=1S/C14H12N2O4S2/c17-13(18)15(11-7-3-1-4-8-11)21-22-16(14(19)20)12-9-5-2-6-10-12/h1-10H,(H,17,18)(H,19,20). The van der Waals surface area contributed by atoms with E-state index >= 15 is 0 Å². The van der Waals surface area contributed by atoms with Gasteiger partial charge in [0, 0.05) is 0 Å². The fourth-order valence-electron chi connectivity index (χ4n) is 1.56. The SMILES string of the molecule is O=C(O)N(SSN(C(=O)O)c1ccccc1)c1ccccc1. The van der Waals surface area contributed by atoms with Crippen LogP contribution in [0.5, 0.6) is 0 Å². The minimum Gasteiger partial charge on any atom is -0.464 e. The van der Waals surface area contributed by atoms with Gasteiger partial charge in [-0.1, -0.05) is 36.4 Å². The van der Waals surface area contributed by atoms with E-state index in [-0.39, 0.29) is 0 Å². The van der Waals surface area contributed by atoms with Gasteiger partial charge in [-0.25, -0.2) is 18.2 Å². The number of benzene rings is 2. The lowest BCUT2D eigenvalue weighted by molar-refractivity contribution is 0.205. The third-order valence-corrected chi connectivity index (χ3v) is 4.70. The van der Waals surface area contributed by atoms with Crippen molar-refractivity contribution in [3.05, 3.63) is 60.7 Å². The highest BCUT2D eigenvalue weighted by atomic mass is 33.1. The summed E-state index contributed by atoms with van der Waals surface area (Å²) in [5.41, 5.74) is 0.900. The summed E-state index contributed by atoms with van der Waals surface area (Å²) in [4.78, 5) is 22.7. The zero-order chi connectivity index (χ0) is 15.9. The molecule has 8 heteroatoms. The molecule has 0 atom stereocenters. The zero-order valence-corrected chi connectivity index (χ0v) is 12.8. The molecule has 114 valence electrons. The van der Waals surface area contributed by atoms with Gasteiger partial charge in [0.1, 0.15) is 0 Å². The highest BCUT2D eigenvalue weighted by molar-refractivity contribution is 8.78. The summed E-state index contributed by atoms with van der Waals surface area (Å²) in [6.45, 7) is 0. The molecule has 2 aromatic carbocycles. The average molecular weight is 336 g/mol. The summed E-state index contributed by atoms with van der Waals surface area (Å²) in [5.74, 6) is 0. The summed E-state index contributed by atoms with van der Waals surface area (Å²) in [5, 5.41) is 18.5. The van der Waals surface area contributed by atoms with E-state index in [1.807, 2.05) is 0 Å². The second-order valence-electron chi connectivity index (χ2n) is 3.97. The number of amides is 2. The Hall–Kier alpha value is -2.32. The van der Waals surface area contributed by atoms with Gasteiger partial charge in [0.2, 0.25) is 0 Å². The smallest absolute Gasteiger partial charge is 0.422 e. The Morgan fingerprint density at radius 2 is 1.00 bits per heavy atom. The van der Waals surface area contributed by atoms with Crippen molar-refractivity contribution in [2.45, 2.75) is 0 Å². The van der Waals surface area contributed by atoms with Crippen LogP contribution in [0.2, 0.25) is 0 Å². The van der Waals surface area contributed by atoms with Gasteiger partial charge in [-0.2, -0.15) is 0 Å². The van der Waals surface area contributed by atoms with Gasteiger partial charge < -0.3 is 10.2 Å². The molecule has 0 unspecified atom stereocenters. The lowest BCUT2D eigenvalue weighted by Crippen LogP contribution is -2.24. The van der Waals surface area contributed by atoms with Crippen molar-refractivity contribution < 1.29 is 19.8 Å². The van der Waals surface area contributed by atoms with E-state index in [4.69, 9.17) is 0 Å². The van der Waals surface area contributed by atoms with Crippen molar-refractivity contribution in [2.24, 2.45) is 0 Å². The van der Waals surface area contributed by atoms with Crippen molar-refractivity contribution >= 4 is 45.5 Å². The molecule has 2 aromatic rings. The predicted octanol–water partition coefficient (Wildman–Crippen LogP) is 4.57. The Balaban J connectivity index is 2.14. The molecule has 0 saturated carbocycles. The lowest BCUT2D eigenvalue weighted by atomic mass is 10.3. The van der Waals surface area contributed by atoms with Crippen LogP contribution in [0.25, 0.3) is 0 Å². The molecule has 22 heavy (non-hydrogen) atoms. The van der Waals surface area contributed by atoms with Crippen molar-refractivity contribution in [1.29, 1.82) is 0 Å². The number of nitrogens with zero attached hydrogens (tertiary/aromatic N) is 2. The van der Waals surface area contributed by atoms with Crippen LogP contribution in [0, 0.1) is 0 Å². The minimum atomic E-state index is -1.18. The molecule has 0 spiro atoms. The monoisotopic (exact) mass is 336 g/mol. The molecular formula is C14H12N2O4S2. The maximum absolute atomic E-state index is 11.3. The summed E-state index contributed by atoms with van der Waals surface area (Å²) >= 11 is 0. The average Bonchev–Trinajstić information content (AvgIpc) is 2.52. The minimum absolute atomic E-state index is 0.450. The second-order valence-corrected chi connectivity index (χ2v) is 5.90. The first-order chi connectivity index (χ1) is 10.6.